The number of alkyl halides is 4. The van der Waals surface area contributed by atoms with Crippen molar-refractivity contribution in [2.24, 2.45) is 23.2 Å². The smallest absolute Gasteiger partial charge is 0.238 e. The highest BCUT2D eigenvalue weighted by Crippen LogP contribution is 2.54. The second-order valence-corrected chi connectivity index (χ2v) is 10.1. The fraction of sp³-hybridized carbons (Fsp3) is 0.630. The molecule has 2 unspecified atom stereocenters. The highest BCUT2D eigenvalue weighted by atomic mass is 19.4. The third kappa shape index (κ3) is 5.63. The van der Waals surface area contributed by atoms with E-state index < -0.39 is 30.0 Å². The molecule has 0 bridgehead atoms. The predicted molar refractivity (Wildman–Crippen MR) is 120 cm³/mol. The third-order valence-corrected chi connectivity index (χ3v) is 7.42. The molecule has 2 aliphatic rings. The minimum Gasteiger partial charge on any atom is -0.238 e. The molecule has 0 radical (unpaired) electrons. The van der Waals surface area contributed by atoms with Crippen LogP contribution in [0.5, 0.6) is 0 Å². The van der Waals surface area contributed by atoms with Gasteiger partial charge < -0.3 is 0 Å². The Hall–Kier alpha value is -1.65. The third-order valence-electron chi connectivity index (χ3n) is 7.42. The van der Waals surface area contributed by atoms with Gasteiger partial charge in [-0.1, -0.05) is 101 Å². The molecule has 1 aromatic carbocycles. The lowest BCUT2D eigenvalue weighted by molar-refractivity contribution is -0.226. The molecule has 0 aromatic heterocycles. The highest BCUT2D eigenvalue weighted by Gasteiger charge is 2.60. The van der Waals surface area contributed by atoms with Gasteiger partial charge in [-0.15, -0.1) is 0 Å². The van der Waals surface area contributed by atoms with E-state index in [0.717, 1.165) is 37.8 Å². The lowest BCUT2D eigenvalue weighted by Crippen LogP contribution is -2.46. The van der Waals surface area contributed by atoms with Gasteiger partial charge in [-0.3, -0.25) is 0 Å². The van der Waals surface area contributed by atoms with Gasteiger partial charge in [-0.2, -0.15) is 13.2 Å². The Labute approximate surface area is 189 Å². The molecule has 3 rings (SSSR count). The normalized spacial score (nSPS) is 29.1. The van der Waals surface area contributed by atoms with Crippen LogP contribution in [0.2, 0.25) is 0 Å². The van der Waals surface area contributed by atoms with Gasteiger partial charge in [0, 0.05) is 5.57 Å². The molecule has 1 saturated carbocycles. The number of halogens is 5. The summed E-state index contributed by atoms with van der Waals surface area (Å²) in [4.78, 5) is 0. The van der Waals surface area contributed by atoms with E-state index in [1.165, 1.54) is 19.3 Å². The van der Waals surface area contributed by atoms with Gasteiger partial charge in [0.15, 0.2) is 6.17 Å². The molecular weight excluding hydrogens is 419 g/mol. The van der Waals surface area contributed by atoms with Crippen LogP contribution in [0.1, 0.15) is 77.2 Å². The molecule has 1 aromatic rings. The largest absolute Gasteiger partial charge is 0.401 e. The van der Waals surface area contributed by atoms with Gasteiger partial charge in [-0.25, -0.2) is 8.78 Å². The number of hydrogen-bond acceptors (Lipinski definition) is 0. The summed E-state index contributed by atoms with van der Waals surface area (Å²) in [5, 5.41) is 0. The maximum atomic E-state index is 15.1. The van der Waals surface area contributed by atoms with Crippen molar-refractivity contribution in [2.45, 2.75) is 84.0 Å². The number of benzene rings is 1. The van der Waals surface area contributed by atoms with Gasteiger partial charge in [0.25, 0.3) is 0 Å². The lowest BCUT2D eigenvalue weighted by atomic mass is 9.70. The molecule has 1 fully saturated rings. The van der Waals surface area contributed by atoms with Gasteiger partial charge in [0.05, 0.1) is 0 Å². The van der Waals surface area contributed by atoms with Crippen LogP contribution in [0.4, 0.5) is 22.0 Å². The average molecular weight is 455 g/mol. The second-order valence-electron chi connectivity index (χ2n) is 10.1. The van der Waals surface area contributed by atoms with Gasteiger partial charge in [-0.05, 0) is 36.2 Å². The second kappa shape index (κ2) is 10.5. The Balaban J connectivity index is 1.64. The van der Waals surface area contributed by atoms with E-state index in [0.29, 0.717) is 17.4 Å². The summed E-state index contributed by atoms with van der Waals surface area (Å²) in [6.07, 6.45) is 1.73. The first-order chi connectivity index (χ1) is 15.1. The van der Waals surface area contributed by atoms with Crippen LogP contribution in [0.3, 0.4) is 0 Å². The molecule has 0 nitrogen and oxygen atoms in total. The minimum absolute atomic E-state index is 0.0973. The average Bonchev–Trinajstić information content (AvgIpc) is 2.75. The van der Waals surface area contributed by atoms with Crippen LogP contribution >= 0.6 is 0 Å². The molecule has 0 aliphatic heterocycles. The maximum absolute atomic E-state index is 15.1. The molecule has 2 atom stereocenters. The first-order valence-electron chi connectivity index (χ1n) is 12.0. The predicted octanol–water partition coefficient (Wildman–Crippen LogP) is 9.24. The van der Waals surface area contributed by atoms with Crippen molar-refractivity contribution >= 4 is 5.57 Å². The molecule has 0 amide bonds. The Morgan fingerprint density at radius 1 is 0.969 bits per heavy atom. The van der Waals surface area contributed by atoms with Crippen LogP contribution in [-0.4, -0.2) is 12.3 Å². The summed E-state index contributed by atoms with van der Waals surface area (Å²) in [6.45, 7) is 4.43. The van der Waals surface area contributed by atoms with Gasteiger partial charge in [0.2, 0.25) is 0 Å². The van der Waals surface area contributed by atoms with E-state index in [4.69, 9.17) is 0 Å². The Morgan fingerprint density at radius 3 is 2.12 bits per heavy atom. The zero-order valence-electron chi connectivity index (χ0n) is 19.1. The standard InChI is InChI=1S/C27H35F5/c1-19(2)7-6-8-20-11-13-21(14-12-20)15-17-26(27(30,31)32)18-16-23(24(28)25(26)29)22-9-4-3-5-10-22/h3-5,9-10,16,18-21,25H,6-8,11-15,17H2,1-2H3. The molecule has 2 aliphatic carbocycles. The number of hydrogen-bond donors (Lipinski definition) is 0. The van der Waals surface area contributed by atoms with Gasteiger partial charge in [0.1, 0.15) is 11.2 Å². The van der Waals surface area contributed by atoms with Crippen LogP contribution in [0, 0.1) is 23.2 Å². The molecule has 178 valence electrons. The van der Waals surface area contributed by atoms with Crippen molar-refractivity contribution in [2.75, 3.05) is 0 Å². The van der Waals surface area contributed by atoms with Crippen molar-refractivity contribution in [1.29, 1.82) is 0 Å². The zero-order chi connectivity index (χ0) is 23.4. The quantitative estimate of drug-likeness (QED) is 0.343. The first-order valence-corrected chi connectivity index (χ1v) is 12.0. The van der Waals surface area contributed by atoms with Gasteiger partial charge >= 0.3 is 6.18 Å². The molecule has 0 heterocycles. The molecule has 32 heavy (non-hydrogen) atoms. The van der Waals surface area contributed by atoms with Crippen LogP contribution in [-0.2, 0) is 0 Å². The summed E-state index contributed by atoms with van der Waals surface area (Å²) >= 11 is 0. The fourth-order valence-electron chi connectivity index (χ4n) is 5.27. The van der Waals surface area contributed by atoms with E-state index in [2.05, 4.69) is 13.8 Å². The van der Waals surface area contributed by atoms with Crippen LogP contribution in [0.25, 0.3) is 5.57 Å². The number of allylic oxidation sites excluding steroid dienone is 4. The van der Waals surface area contributed by atoms with Crippen LogP contribution < -0.4 is 0 Å². The zero-order valence-corrected chi connectivity index (χ0v) is 19.1. The van der Waals surface area contributed by atoms with Crippen molar-refractivity contribution in [1.82, 2.24) is 0 Å². The summed E-state index contributed by atoms with van der Waals surface area (Å²) in [5.41, 5.74) is -2.50. The monoisotopic (exact) mass is 454 g/mol. The fourth-order valence-corrected chi connectivity index (χ4v) is 5.27. The summed E-state index contributed by atoms with van der Waals surface area (Å²) in [6, 6.07) is 8.18. The minimum atomic E-state index is -4.85. The summed E-state index contributed by atoms with van der Waals surface area (Å²) in [7, 11) is 0. The van der Waals surface area contributed by atoms with Crippen molar-refractivity contribution in [3.63, 3.8) is 0 Å². The Bertz CT molecular complexity index is 784. The van der Waals surface area contributed by atoms with E-state index >= 15 is 4.39 Å². The van der Waals surface area contributed by atoms with Crippen molar-refractivity contribution in [3.05, 3.63) is 53.9 Å². The Kier molecular flexibility index (Phi) is 8.21. The van der Waals surface area contributed by atoms with Crippen molar-refractivity contribution < 1.29 is 22.0 Å². The molecule has 0 spiro atoms. The summed E-state index contributed by atoms with van der Waals surface area (Å²) in [5.74, 6) is 0.182. The van der Waals surface area contributed by atoms with Crippen molar-refractivity contribution in [3.8, 4) is 0 Å². The van der Waals surface area contributed by atoms with E-state index in [-0.39, 0.29) is 17.9 Å². The SMILES string of the molecule is CC(C)CCCC1CCC(CCC2(C(F)(F)F)C=CC(c3ccccc3)=C(F)C2F)CC1. The summed E-state index contributed by atoms with van der Waals surface area (Å²) < 4.78 is 72.3. The lowest BCUT2D eigenvalue weighted by Gasteiger charge is -2.39. The van der Waals surface area contributed by atoms with Crippen LogP contribution in [0.15, 0.2) is 48.3 Å². The van der Waals surface area contributed by atoms with E-state index in [1.807, 2.05) is 0 Å². The molecule has 0 N–H and O–H groups in total. The number of rotatable bonds is 8. The van der Waals surface area contributed by atoms with E-state index in [1.54, 1.807) is 30.3 Å². The maximum Gasteiger partial charge on any atom is 0.401 e. The molecular formula is C27H35F5. The Morgan fingerprint density at radius 2 is 1.56 bits per heavy atom. The first kappa shape index (κ1) is 25.0. The molecule has 5 heteroatoms. The highest BCUT2D eigenvalue weighted by molar-refractivity contribution is 5.77. The van der Waals surface area contributed by atoms with E-state index in [9.17, 15) is 17.6 Å². The topological polar surface area (TPSA) is 0 Å². The molecule has 0 saturated heterocycles.